The van der Waals surface area contributed by atoms with Crippen molar-refractivity contribution in [3.63, 3.8) is 0 Å². The minimum atomic E-state index is -0.146. The fraction of sp³-hybridized carbons (Fsp3) is 0.361. The SMILES string of the molecule is CC(C)(C)c1ccc(N2c3cc(N4c5ccc(C6=CCCC=C6)cc5C5(C)CCCCC45C)ccc3B3c4cc(C(C)(C)C)ccc4N(c4ccc(C(C)(C)C)cc4-c4ccccc4)c4cc(C(C)(C)C)cc2c43)cc1. The van der Waals surface area contributed by atoms with E-state index in [1.807, 2.05) is 0 Å². The van der Waals surface area contributed by atoms with Gasteiger partial charge in [-0.1, -0.05) is 194 Å². The second-order valence-electron chi connectivity index (χ2n) is 27.7. The fourth-order valence-corrected chi connectivity index (χ4v) is 13.9. The number of nitrogens with zero attached hydrogens (tertiary/aromatic N) is 3. The smallest absolute Gasteiger partial charge is 0.252 e. The molecule has 386 valence electrons. The molecule has 76 heavy (non-hydrogen) atoms. The molecule has 2 atom stereocenters. The normalized spacial score (nSPS) is 19.9. The first-order valence-electron chi connectivity index (χ1n) is 28.7. The highest BCUT2D eigenvalue weighted by atomic mass is 15.3. The van der Waals surface area contributed by atoms with Gasteiger partial charge in [0.05, 0.1) is 11.2 Å². The highest BCUT2D eigenvalue weighted by molar-refractivity contribution is 7.00. The van der Waals surface area contributed by atoms with Gasteiger partial charge in [-0.25, -0.2) is 0 Å². The van der Waals surface area contributed by atoms with Crippen molar-refractivity contribution in [1.82, 2.24) is 0 Å². The molecule has 5 aliphatic rings. The molecule has 0 radical (unpaired) electrons. The first-order valence-corrected chi connectivity index (χ1v) is 28.7. The summed E-state index contributed by atoms with van der Waals surface area (Å²) in [5, 5.41) is 0. The van der Waals surface area contributed by atoms with E-state index in [-0.39, 0.29) is 39.3 Å². The first kappa shape index (κ1) is 50.3. The van der Waals surface area contributed by atoms with Crippen LogP contribution >= 0.6 is 0 Å². The van der Waals surface area contributed by atoms with E-state index in [0.717, 1.165) is 19.3 Å². The molecule has 7 aromatic carbocycles. The number of anilines is 8. The van der Waals surface area contributed by atoms with Crippen molar-refractivity contribution in [3.05, 3.63) is 191 Å². The molecule has 0 bridgehead atoms. The molecule has 4 heteroatoms. The summed E-state index contributed by atoms with van der Waals surface area (Å²) >= 11 is 0. The van der Waals surface area contributed by atoms with E-state index in [4.69, 9.17) is 0 Å². The van der Waals surface area contributed by atoms with Crippen LogP contribution in [-0.4, -0.2) is 12.3 Å². The van der Waals surface area contributed by atoms with Crippen molar-refractivity contribution in [3.8, 4) is 11.1 Å². The van der Waals surface area contributed by atoms with Gasteiger partial charge in [-0.2, -0.15) is 0 Å². The molecule has 1 fully saturated rings. The van der Waals surface area contributed by atoms with Crippen molar-refractivity contribution in [1.29, 1.82) is 0 Å². The van der Waals surface area contributed by atoms with Crippen molar-refractivity contribution >= 4 is 74.2 Å². The third-order valence-corrected chi connectivity index (χ3v) is 18.7. The Balaban J connectivity index is 1.16. The number of fused-ring (bicyclic) bond motifs is 7. The molecule has 12 rings (SSSR count). The molecule has 0 aromatic heterocycles. The lowest BCUT2D eigenvalue weighted by molar-refractivity contribution is 0.195. The Hall–Kier alpha value is -6.52. The fourth-order valence-electron chi connectivity index (χ4n) is 13.9. The van der Waals surface area contributed by atoms with Crippen LogP contribution in [0.4, 0.5) is 45.5 Å². The second kappa shape index (κ2) is 17.5. The van der Waals surface area contributed by atoms with Gasteiger partial charge in [-0.15, -0.1) is 0 Å². The molecule has 3 heterocycles. The molecular weight excluding hydrogens is 918 g/mol. The van der Waals surface area contributed by atoms with E-state index in [1.165, 1.54) is 131 Å². The molecule has 3 nitrogen and oxygen atoms in total. The maximum Gasteiger partial charge on any atom is 0.252 e. The zero-order valence-corrected chi connectivity index (χ0v) is 48.2. The molecular formula is C72H80BN3. The summed E-state index contributed by atoms with van der Waals surface area (Å²) in [7, 11) is 0. The Morgan fingerprint density at radius 1 is 0.447 bits per heavy atom. The van der Waals surface area contributed by atoms with Crippen LogP contribution < -0.4 is 31.1 Å². The van der Waals surface area contributed by atoms with Crippen LogP contribution in [-0.2, 0) is 27.1 Å². The third-order valence-electron chi connectivity index (χ3n) is 18.7. The van der Waals surface area contributed by atoms with E-state index in [0.29, 0.717) is 0 Å². The van der Waals surface area contributed by atoms with E-state index in [2.05, 4.69) is 269 Å². The molecule has 2 unspecified atom stereocenters. The van der Waals surface area contributed by atoms with Gasteiger partial charge in [0.15, 0.2) is 0 Å². The molecule has 0 saturated heterocycles. The summed E-state index contributed by atoms with van der Waals surface area (Å²) in [6.07, 6.45) is 14.2. The molecule has 0 amide bonds. The molecule has 3 aliphatic heterocycles. The average molecular weight is 998 g/mol. The molecule has 2 aliphatic carbocycles. The van der Waals surface area contributed by atoms with Crippen LogP contribution in [0, 0.1) is 0 Å². The van der Waals surface area contributed by atoms with E-state index >= 15 is 0 Å². The quantitative estimate of drug-likeness (QED) is 0.159. The Labute approximate surface area is 456 Å². The van der Waals surface area contributed by atoms with Crippen molar-refractivity contribution < 1.29 is 0 Å². The van der Waals surface area contributed by atoms with Crippen molar-refractivity contribution in [2.75, 3.05) is 14.7 Å². The van der Waals surface area contributed by atoms with Crippen LogP contribution in [0.15, 0.2) is 158 Å². The van der Waals surface area contributed by atoms with Crippen LogP contribution in [0.25, 0.3) is 16.7 Å². The Kier molecular flexibility index (Phi) is 11.6. The molecule has 1 saturated carbocycles. The Bertz CT molecular complexity index is 3510. The average Bonchev–Trinajstić information content (AvgIpc) is 3.83. The van der Waals surface area contributed by atoms with Crippen LogP contribution in [0.5, 0.6) is 0 Å². The number of hydrogen-bond acceptors (Lipinski definition) is 3. The zero-order valence-electron chi connectivity index (χ0n) is 48.2. The highest BCUT2D eigenvalue weighted by Crippen LogP contribution is 2.62. The van der Waals surface area contributed by atoms with Gasteiger partial charge in [0.25, 0.3) is 6.71 Å². The maximum absolute atomic E-state index is 2.80. The van der Waals surface area contributed by atoms with Gasteiger partial charge in [0.1, 0.15) is 0 Å². The highest BCUT2D eigenvalue weighted by Gasteiger charge is 2.58. The predicted octanol–water partition coefficient (Wildman–Crippen LogP) is 18.1. The van der Waals surface area contributed by atoms with Gasteiger partial charge in [0, 0.05) is 50.8 Å². The topological polar surface area (TPSA) is 9.72 Å². The molecule has 0 N–H and O–H groups in total. The Morgan fingerprint density at radius 2 is 1.05 bits per heavy atom. The number of allylic oxidation sites excluding steroid dienone is 4. The summed E-state index contributed by atoms with van der Waals surface area (Å²) in [5.41, 5.74) is 25.8. The lowest BCUT2D eigenvalue weighted by atomic mass is 9.33. The summed E-state index contributed by atoms with van der Waals surface area (Å²) in [6.45, 7) is 33.4. The third kappa shape index (κ3) is 7.97. The summed E-state index contributed by atoms with van der Waals surface area (Å²) in [6, 6.07) is 55.6. The largest absolute Gasteiger partial charge is 0.334 e. The molecule has 0 spiro atoms. The standard InChI is InChI=1S/C72H80BN3/c1-67(2,3)50-28-32-54(33-29-50)74-63-46-55(76-61-36-27-49(47-23-17-15-18-24-47)41-57(61)71(13)39-21-22-40-72(71,76)14)34-35-58(63)73-59-43-52(69(7,8)9)31-38-62(59)75(65-45-53(70(10,11)12)44-64(74)66(65)73)60-37-30-51(68(4,5)6)42-56(60)48-25-19-16-20-26-48/h16-17,19-20,23-38,41-46H,15,18,21-22,39-40H2,1-14H3. The molecule has 7 aromatic rings. The van der Waals surface area contributed by atoms with Crippen molar-refractivity contribution in [2.45, 2.75) is 168 Å². The van der Waals surface area contributed by atoms with E-state index < -0.39 is 0 Å². The maximum atomic E-state index is 2.80. The lowest BCUT2D eigenvalue weighted by Crippen LogP contribution is -2.61. The van der Waals surface area contributed by atoms with Crippen LogP contribution in [0.1, 0.15) is 169 Å². The number of benzene rings is 7. The van der Waals surface area contributed by atoms with Gasteiger partial charge in [0.2, 0.25) is 0 Å². The van der Waals surface area contributed by atoms with E-state index in [1.54, 1.807) is 0 Å². The van der Waals surface area contributed by atoms with Gasteiger partial charge in [-0.05, 0) is 182 Å². The number of rotatable bonds is 5. The number of hydrogen-bond donors (Lipinski definition) is 0. The van der Waals surface area contributed by atoms with E-state index in [9.17, 15) is 0 Å². The lowest BCUT2D eigenvalue weighted by Gasteiger charge is -2.51. The van der Waals surface area contributed by atoms with Crippen molar-refractivity contribution in [2.24, 2.45) is 0 Å². The predicted molar refractivity (Wildman–Crippen MR) is 330 cm³/mol. The van der Waals surface area contributed by atoms with Gasteiger partial charge < -0.3 is 14.7 Å². The minimum Gasteiger partial charge on any atom is -0.334 e. The van der Waals surface area contributed by atoms with Gasteiger partial charge >= 0.3 is 0 Å². The minimum absolute atomic E-state index is 0.00413. The summed E-state index contributed by atoms with van der Waals surface area (Å²) < 4.78 is 0. The van der Waals surface area contributed by atoms with Gasteiger partial charge in [-0.3, -0.25) is 0 Å². The second-order valence-corrected chi connectivity index (χ2v) is 27.7. The van der Waals surface area contributed by atoms with Crippen LogP contribution in [0.2, 0.25) is 0 Å². The Morgan fingerprint density at radius 3 is 1.71 bits per heavy atom. The van der Waals surface area contributed by atoms with Crippen LogP contribution in [0.3, 0.4) is 0 Å². The summed E-state index contributed by atoms with van der Waals surface area (Å²) in [4.78, 5) is 8.11. The summed E-state index contributed by atoms with van der Waals surface area (Å²) in [5.74, 6) is 0. The zero-order chi connectivity index (χ0) is 53.5. The first-order chi connectivity index (χ1) is 36.0. The monoisotopic (exact) mass is 998 g/mol.